The molecule has 21 heavy (non-hydrogen) atoms. The van der Waals surface area contributed by atoms with Crippen LogP contribution in [0.15, 0.2) is 24.3 Å². The van der Waals surface area contributed by atoms with Crippen molar-refractivity contribution in [1.82, 2.24) is 4.90 Å². The molecule has 0 radical (unpaired) electrons. The third-order valence-corrected chi connectivity index (χ3v) is 5.01. The number of carbonyl (C=O) groups excluding carboxylic acids is 1. The van der Waals surface area contributed by atoms with Crippen molar-refractivity contribution in [2.75, 3.05) is 13.2 Å². The number of fused-ring (bicyclic) bond motifs is 1. The molecule has 2 fully saturated rings. The van der Waals surface area contributed by atoms with Gasteiger partial charge in [-0.25, -0.2) is 0 Å². The largest absolute Gasteiger partial charge is 0.484 e. The predicted molar refractivity (Wildman–Crippen MR) is 83.4 cm³/mol. The summed E-state index contributed by atoms with van der Waals surface area (Å²) in [4.78, 5) is 14.6. The number of hydrogen-bond acceptors (Lipinski definition) is 2. The lowest BCUT2D eigenvalue weighted by atomic mass is 9.78. The first-order valence-electron chi connectivity index (χ1n) is 8.23. The molecule has 1 heterocycles. The highest BCUT2D eigenvalue weighted by atomic mass is 16.5. The minimum Gasteiger partial charge on any atom is -0.484 e. The second kappa shape index (κ2) is 6.50. The van der Waals surface area contributed by atoms with Gasteiger partial charge < -0.3 is 9.64 Å². The maximum Gasteiger partial charge on any atom is 0.260 e. The van der Waals surface area contributed by atoms with Crippen molar-refractivity contribution in [3.8, 4) is 5.75 Å². The van der Waals surface area contributed by atoms with Crippen LogP contribution in [0, 0.1) is 12.8 Å². The van der Waals surface area contributed by atoms with E-state index in [0.29, 0.717) is 6.04 Å². The second-order valence-corrected chi connectivity index (χ2v) is 6.40. The number of benzene rings is 1. The summed E-state index contributed by atoms with van der Waals surface area (Å²) in [5, 5.41) is 0. The van der Waals surface area contributed by atoms with Crippen LogP contribution in [0.3, 0.4) is 0 Å². The maximum absolute atomic E-state index is 12.5. The molecule has 1 aliphatic carbocycles. The van der Waals surface area contributed by atoms with Crippen molar-refractivity contribution in [2.24, 2.45) is 5.92 Å². The molecule has 1 aromatic rings. The predicted octanol–water partition coefficient (Wildman–Crippen LogP) is 3.56. The van der Waals surface area contributed by atoms with Crippen molar-refractivity contribution in [1.29, 1.82) is 0 Å². The van der Waals surface area contributed by atoms with E-state index in [1.807, 2.05) is 31.2 Å². The summed E-state index contributed by atoms with van der Waals surface area (Å²) < 4.78 is 5.74. The molecule has 0 N–H and O–H groups in total. The number of hydrogen-bond donors (Lipinski definition) is 0. The molecule has 1 aromatic carbocycles. The SMILES string of the molecule is Cc1ccccc1OCC(=O)N1CCCC2CCCCC21. The van der Waals surface area contributed by atoms with E-state index in [4.69, 9.17) is 4.74 Å². The molecule has 2 atom stereocenters. The van der Waals surface area contributed by atoms with Crippen LogP contribution in [-0.2, 0) is 4.79 Å². The number of aryl methyl sites for hydroxylation is 1. The van der Waals surface area contributed by atoms with Gasteiger partial charge in [0.25, 0.3) is 5.91 Å². The minimum atomic E-state index is 0.162. The van der Waals surface area contributed by atoms with Crippen LogP contribution in [0.4, 0.5) is 0 Å². The Morgan fingerprint density at radius 3 is 2.81 bits per heavy atom. The van der Waals surface area contributed by atoms with Crippen molar-refractivity contribution < 1.29 is 9.53 Å². The average molecular weight is 287 g/mol. The van der Waals surface area contributed by atoms with Gasteiger partial charge in [-0.15, -0.1) is 0 Å². The highest BCUT2D eigenvalue weighted by molar-refractivity contribution is 5.78. The summed E-state index contributed by atoms with van der Waals surface area (Å²) in [5.74, 6) is 1.72. The second-order valence-electron chi connectivity index (χ2n) is 6.40. The molecule has 3 nitrogen and oxygen atoms in total. The Hall–Kier alpha value is -1.51. The number of para-hydroxylation sites is 1. The molecular weight excluding hydrogens is 262 g/mol. The molecule has 3 rings (SSSR count). The Bertz CT molecular complexity index is 498. The quantitative estimate of drug-likeness (QED) is 0.851. The van der Waals surface area contributed by atoms with E-state index in [2.05, 4.69) is 4.90 Å². The zero-order valence-electron chi connectivity index (χ0n) is 12.9. The third-order valence-electron chi connectivity index (χ3n) is 5.01. The molecule has 0 spiro atoms. The molecule has 1 amide bonds. The highest BCUT2D eigenvalue weighted by Crippen LogP contribution is 2.35. The van der Waals surface area contributed by atoms with Gasteiger partial charge in [-0.2, -0.15) is 0 Å². The first-order valence-corrected chi connectivity index (χ1v) is 8.23. The van der Waals surface area contributed by atoms with Crippen molar-refractivity contribution in [3.05, 3.63) is 29.8 Å². The zero-order chi connectivity index (χ0) is 14.7. The van der Waals surface area contributed by atoms with E-state index in [1.54, 1.807) is 0 Å². The Labute approximate surface area is 127 Å². The fraction of sp³-hybridized carbons (Fsp3) is 0.611. The van der Waals surface area contributed by atoms with Crippen LogP contribution >= 0.6 is 0 Å². The van der Waals surface area contributed by atoms with Gasteiger partial charge in [0.05, 0.1) is 0 Å². The highest BCUT2D eigenvalue weighted by Gasteiger charge is 2.35. The summed E-state index contributed by atoms with van der Waals surface area (Å²) in [5.41, 5.74) is 1.08. The number of likely N-dealkylation sites (tertiary alicyclic amines) is 1. The van der Waals surface area contributed by atoms with Crippen molar-refractivity contribution in [3.63, 3.8) is 0 Å². The summed E-state index contributed by atoms with van der Waals surface area (Å²) in [6.45, 7) is 3.10. The molecule has 3 heteroatoms. The van der Waals surface area contributed by atoms with Crippen LogP contribution < -0.4 is 4.74 Å². The van der Waals surface area contributed by atoms with E-state index >= 15 is 0 Å². The van der Waals surface area contributed by atoms with Gasteiger partial charge in [0.15, 0.2) is 6.61 Å². The molecule has 2 unspecified atom stereocenters. The Morgan fingerprint density at radius 2 is 1.95 bits per heavy atom. The summed E-state index contributed by atoms with van der Waals surface area (Å²) >= 11 is 0. The van der Waals surface area contributed by atoms with Crippen molar-refractivity contribution >= 4 is 5.91 Å². The monoisotopic (exact) mass is 287 g/mol. The van der Waals surface area contributed by atoms with Crippen LogP contribution in [0.5, 0.6) is 5.75 Å². The normalized spacial score (nSPS) is 25.3. The average Bonchev–Trinajstić information content (AvgIpc) is 2.53. The number of piperidine rings is 1. The Balaban J connectivity index is 1.60. The molecule has 0 bridgehead atoms. The fourth-order valence-corrected chi connectivity index (χ4v) is 3.88. The topological polar surface area (TPSA) is 29.5 Å². The smallest absolute Gasteiger partial charge is 0.260 e. The number of nitrogens with zero attached hydrogens (tertiary/aromatic N) is 1. The Kier molecular flexibility index (Phi) is 4.47. The zero-order valence-corrected chi connectivity index (χ0v) is 12.9. The van der Waals surface area contributed by atoms with E-state index in [9.17, 15) is 4.79 Å². The summed E-state index contributed by atoms with van der Waals surface area (Å²) in [6, 6.07) is 8.35. The fourth-order valence-electron chi connectivity index (χ4n) is 3.88. The molecule has 1 saturated heterocycles. The minimum absolute atomic E-state index is 0.162. The van der Waals surface area contributed by atoms with Gasteiger partial charge >= 0.3 is 0 Å². The van der Waals surface area contributed by atoms with Crippen LogP contribution in [0.25, 0.3) is 0 Å². The van der Waals surface area contributed by atoms with Gasteiger partial charge in [0.2, 0.25) is 0 Å². The van der Waals surface area contributed by atoms with E-state index < -0.39 is 0 Å². The summed E-state index contributed by atoms with van der Waals surface area (Å²) in [7, 11) is 0. The maximum atomic E-state index is 12.5. The Morgan fingerprint density at radius 1 is 1.19 bits per heavy atom. The number of carbonyl (C=O) groups is 1. The van der Waals surface area contributed by atoms with Crippen LogP contribution in [-0.4, -0.2) is 30.0 Å². The van der Waals surface area contributed by atoms with Crippen LogP contribution in [0.2, 0.25) is 0 Å². The van der Waals surface area contributed by atoms with E-state index in [0.717, 1.165) is 30.2 Å². The third kappa shape index (κ3) is 3.22. The molecule has 114 valence electrons. The standard InChI is InChI=1S/C18H25NO2/c1-14-7-2-5-11-17(14)21-13-18(20)19-12-6-9-15-8-3-4-10-16(15)19/h2,5,7,11,15-16H,3-4,6,8-10,12-13H2,1H3. The molecular formula is C18H25NO2. The van der Waals surface area contributed by atoms with Gasteiger partial charge in [-0.1, -0.05) is 31.0 Å². The molecule has 0 aromatic heterocycles. The van der Waals surface area contributed by atoms with E-state index in [-0.39, 0.29) is 12.5 Å². The lowest BCUT2D eigenvalue weighted by molar-refractivity contribution is -0.139. The number of ether oxygens (including phenoxy) is 1. The molecule has 1 saturated carbocycles. The van der Waals surface area contributed by atoms with Gasteiger partial charge in [-0.05, 0) is 50.2 Å². The van der Waals surface area contributed by atoms with Gasteiger partial charge in [0, 0.05) is 12.6 Å². The van der Waals surface area contributed by atoms with Crippen molar-refractivity contribution in [2.45, 2.75) is 51.5 Å². The lowest BCUT2D eigenvalue weighted by Gasteiger charge is -2.44. The molecule has 1 aliphatic heterocycles. The van der Waals surface area contributed by atoms with E-state index in [1.165, 1.54) is 32.1 Å². The van der Waals surface area contributed by atoms with Crippen LogP contribution in [0.1, 0.15) is 44.1 Å². The lowest BCUT2D eigenvalue weighted by Crippen LogP contribution is -2.51. The summed E-state index contributed by atoms with van der Waals surface area (Å²) in [6.07, 6.45) is 7.53. The number of rotatable bonds is 3. The van der Waals surface area contributed by atoms with Gasteiger partial charge in [-0.3, -0.25) is 4.79 Å². The number of amides is 1. The van der Waals surface area contributed by atoms with Gasteiger partial charge in [0.1, 0.15) is 5.75 Å². The first-order chi connectivity index (χ1) is 10.3. The molecule has 2 aliphatic rings. The first kappa shape index (κ1) is 14.4.